The van der Waals surface area contributed by atoms with Crippen LogP contribution in [-0.2, 0) is 9.47 Å². The minimum atomic E-state index is -0.737. The summed E-state index contributed by atoms with van der Waals surface area (Å²) in [5.74, 6) is 0.873. The van der Waals surface area contributed by atoms with Crippen molar-refractivity contribution in [3.05, 3.63) is 28.8 Å². The second-order valence-electron chi connectivity index (χ2n) is 5.51. The summed E-state index contributed by atoms with van der Waals surface area (Å²) in [6.07, 6.45) is 1.23. The molecule has 1 heterocycles. The zero-order valence-electron chi connectivity index (χ0n) is 13.3. The molecule has 1 aromatic rings. The van der Waals surface area contributed by atoms with Crippen LogP contribution in [0.2, 0.25) is 0 Å². The molecule has 0 radical (unpaired) electrons. The zero-order chi connectivity index (χ0) is 15.5. The number of aryl methyl sites for hydroxylation is 2. The molecule has 1 aromatic carbocycles. The molecule has 0 saturated carbocycles. The number of carbonyl (C=O) groups excluding carboxylic acids is 1. The van der Waals surface area contributed by atoms with E-state index < -0.39 is 5.60 Å². The van der Waals surface area contributed by atoms with Gasteiger partial charge in [-0.2, -0.15) is 0 Å². The Morgan fingerprint density at radius 3 is 2.48 bits per heavy atom. The van der Waals surface area contributed by atoms with E-state index in [1.54, 1.807) is 7.11 Å². The van der Waals surface area contributed by atoms with Gasteiger partial charge in [0.15, 0.2) is 5.78 Å². The van der Waals surface area contributed by atoms with Gasteiger partial charge < -0.3 is 14.2 Å². The highest BCUT2D eigenvalue weighted by molar-refractivity contribution is 6.04. The summed E-state index contributed by atoms with van der Waals surface area (Å²) in [6, 6.07) is 3.83. The Bertz CT molecular complexity index is 510. The average Bonchev–Trinajstić information content (AvgIpc) is 2.49. The first kappa shape index (κ1) is 16.0. The summed E-state index contributed by atoms with van der Waals surface area (Å²) in [4.78, 5) is 13.1. The maximum Gasteiger partial charge on any atom is 0.195 e. The zero-order valence-corrected chi connectivity index (χ0v) is 13.3. The Morgan fingerprint density at radius 1 is 1.24 bits per heavy atom. The smallest absolute Gasteiger partial charge is 0.195 e. The average molecular weight is 292 g/mol. The molecule has 0 N–H and O–H groups in total. The van der Waals surface area contributed by atoms with E-state index in [-0.39, 0.29) is 5.78 Å². The molecule has 4 nitrogen and oxygen atoms in total. The predicted octanol–water partition coefficient (Wildman–Crippen LogP) is 3.08. The summed E-state index contributed by atoms with van der Waals surface area (Å²) in [7, 11) is 1.64. The van der Waals surface area contributed by atoms with Crippen LogP contribution in [-0.4, -0.2) is 38.3 Å². The Balaban J connectivity index is 2.39. The second kappa shape index (κ2) is 6.58. The first-order chi connectivity index (χ1) is 10.0. The van der Waals surface area contributed by atoms with Crippen LogP contribution in [0.4, 0.5) is 0 Å². The summed E-state index contributed by atoms with van der Waals surface area (Å²) in [5.41, 5.74) is 1.88. The number of Topliss-reactive ketones (excluding diaryl/α,β-unsaturated/α-hetero) is 1. The van der Waals surface area contributed by atoms with Crippen LogP contribution in [0.3, 0.4) is 0 Å². The van der Waals surface area contributed by atoms with Gasteiger partial charge in [-0.1, -0.05) is 0 Å². The molecule has 0 unspecified atom stereocenters. The van der Waals surface area contributed by atoms with Crippen molar-refractivity contribution in [2.75, 3.05) is 26.9 Å². The van der Waals surface area contributed by atoms with Crippen molar-refractivity contribution in [1.29, 1.82) is 0 Å². The highest BCUT2D eigenvalue weighted by atomic mass is 16.5. The van der Waals surface area contributed by atoms with Crippen LogP contribution in [0.15, 0.2) is 12.1 Å². The van der Waals surface area contributed by atoms with E-state index in [2.05, 4.69) is 0 Å². The minimum Gasteiger partial charge on any atom is -0.496 e. The van der Waals surface area contributed by atoms with Gasteiger partial charge >= 0.3 is 0 Å². The highest BCUT2D eigenvalue weighted by Crippen LogP contribution is 2.32. The molecule has 0 amide bonds. The normalized spacial score (nSPS) is 17.5. The van der Waals surface area contributed by atoms with Crippen molar-refractivity contribution in [3.8, 4) is 5.75 Å². The second-order valence-corrected chi connectivity index (χ2v) is 5.51. The lowest BCUT2D eigenvalue weighted by molar-refractivity contribution is -0.0822. The van der Waals surface area contributed by atoms with Gasteiger partial charge in [-0.15, -0.1) is 0 Å². The van der Waals surface area contributed by atoms with Crippen molar-refractivity contribution in [2.24, 2.45) is 0 Å². The van der Waals surface area contributed by atoms with E-state index in [1.165, 1.54) is 0 Å². The Labute approximate surface area is 126 Å². The number of hydrogen-bond acceptors (Lipinski definition) is 4. The fourth-order valence-electron chi connectivity index (χ4n) is 2.91. The number of methoxy groups -OCH3 is 1. The van der Waals surface area contributed by atoms with Crippen LogP contribution >= 0.6 is 0 Å². The fraction of sp³-hybridized carbons (Fsp3) is 0.588. The van der Waals surface area contributed by atoms with Gasteiger partial charge in [-0.05, 0) is 44.0 Å². The number of carbonyl (C=O) groups is 1. The van der Waals surface area contributed by atoms with E-state index in [1.807, 2.05) is 32.9 Å². The third-order valence-corrected chi connectivity index (χ3v) is 4.12. The number of ether oxygens (including phenoxy) is 3. The van der Waals surface area contributed by atoms with Crippen LogP contribution in [0, 0.1) is 13.8 Å². The molecular weight excluding hydrogens is 268 g/mol. The topological polar surface area (TPSA) is 44.8 Å². The molecule has 1 saturated heterocycles. The van der Waals surface area contributed by atoms with E-state index in [0.717, 1.165) is 22.4 Å². The highest BCUT2D eigenvalue weighted by Gasteiger charge is 2.41. The third-order valence-electron chi connectivity index (χ3n) is 4.12. The van der Waals surface area contributed by atoms with Crippen molar-refractivity contribution in [3.63, 3.8) is 0 Å². The van der Waals surface area contributed by atoms with Gasteiger partial charge in [0.2, 0.25) is 0 Å². The van der Waals surface area contributed by atoms with Gasteiger partial charge in [0.1, 0.15) is 11.4 Å². The first-order valence-electron chi connectivity index (χ1n) is 7.46. The van der Waals surface area contributed by atoms with Crippen molar-refractivity contribution >= 4 is 5.78 Å². The van der Waals surface area contributed by atoms with Crippen LogP contribution < -0.4 is 4.74 Å². The number of rotatable bonds is 5. The van der Waals surface area contributed by atoms with Crippen LogP contribution in [0.1, 0.15) is 41.3 Å². The molecule has 0 aliphatic carbocycles. The molecule has 0 spiro atoms. The molecule has 4 heteroatoms. The maximum absolute atomic E-state index is 13.1. The maximum atomic E-state index is 13.1. The summed E-state index contributed by atoms with van der Waals surface area (Å²) >= 11 is 0. The number of ketones is 1. The van der Waals surface area contributed by atoms with Gasteiger partial charge in [0.25, 0.3) is 0 Å². The van der Waals surface area contributed by atoms with Crippen molar-refractivity contribution < 1.29 is 19.0 Å². The minimum absolute atomic E-state index is 0.0657. The van der Waals surface area contributed by atoms with Crippen LogP contribution in [0.25, 0.3) is 0 Å². The summed E-state index contributed by atoms with van der Waals surface area (Å²) in [5, 5.41) is 0. The molecule has 1 aliphatic heterocycles. The SMILES string of the molecule is CCOC1(C(=O)c2cc(C)c(OC)cc2C)CCOCC1. The van der Waals surface area contributed by atoms with Crippen LogP contribution in [0.5, 0.6) is 5.75 Å². The Hall–Kier alpha value is -1.39. The lowest BCUT2D eigenvalue weighted by Gasteiger charge is -2.35. The molecule has 2 rings (SSSR count). The Morgan fingerprint density at radius 2 is 1.90 bits per heavy atom. The van der Waals surface area contributed by atoms with Gasteiger partial charge in [-0.25, -0.2) is 0 Å². The van der Waals surface area contributed by atoms with Gasteiger partial charge in [0, 0.05) is 38.2 Å². The summed E-state index contributed by atoms with van der Waals surface area (Å²) < 4.78 is 16.6. The lowest BCUT2D eigenvalue weighted by atomic mass is 9.83. The summed E-state index contributed by atoms with van der Waals surface area (Å²) in [6.45, 7) is 7.48. The van der Waals surface area contributed by atoms with Crippen molar-refractivity contribution in [1.82, 2.24) is 0 Å². The molecule has 0 bridgehead atoms. The van der Waals surface area contributed by atoms with E-state index >= 15 is 0 Å². The molecule has 0 atom stereocenters. The molecular formula is C17H24O4. The van der Waals surface area contributed by atoms with E-state index in [4.69, 9.17) is 14.2 Å². The largest absolute Gasteiger partial charge is 0.496 e. The van der Waals surface area contributed by atoms with Gasteiger partial charge in [0.05, 0.1) is 7.11 Å². The molecule has 21 heavy (non-hydrogen) atoms. The van der Waals surface area contributed by atoms with E-state index in [9.17, 15) is 4.79 Å². The molecule has 0 aromatic heterocycles. The molecule has 1 fully saturated rings. The monoisotopic (exact) mass is 292 g/mol. The van der Waals surface area contributed by atoms with Crippen molar-refractivity contribution in [2.45, 2.75) is 39.2 Å². The quantitative estimate of drug-likeness (QED) is 0.782. The number of hydrogen-bond donors (Lipinski definition) is 0. The van der Waals surface area contributed by atoms with E-state index in [0.29, 0.717) is 32.7 Å². The van der Waals surface area contributed by atoms with Gasteiger partial charge in [-0.3, -0.25) is 4.79 Å². The lowest BCUT2D eigenvalue weighted by Crippen LogP contribution is -2.46. The Kier molecular flexibility index (Phi) is 5.01. The predicted molar refractivity (Wildman–Crippen MR) is 81.2 cm³/mol. The molecule has 1 aliphatic rings. The fourth-order valence-corrected chi connectivity index (χ4v) is 2.91. The molecule has 116 valence electrons. The third kappa shape index (κ3) is 3.11. The standard InChI is InChI=1S/C17H24O4/c1-5-21-17(6-8-20-9-7-17)16(18)14-10-13(3)15(19-4)11-12(14)2/h10-11H,5-9H2,1-4H3. The number of benzene rings is 1. The first-order valence-corrected chi connectivity index (χ1v) is 7.46.